The molecule has 0 saturated heterocycles. The van der Waals surface area contributed by atoms with Crippen LogP contribution >= 0.6 is 0 Å². The predicted octanol–water partition coefficient (Wildman–Crippen LogP) is -1.41. The number of nitrogens with zero attached hydrogens (tertiary/aromatic N) is 8. The summed E-state index contributed by atoms with van der Waals surface area (Å²) in [5.74, 6) is -1.05. The molecule has 3 heterocycles. The van der Waals surface area contributed by atoms with Crippen molar-refractivity contribution in [3.63, 3.8) is 0 Å². The number of halogens is 1. The number of tetrazole rings is 1. The van der Waals surface area contributed by atoms with Crippen molar-refractivity contribution in [2.45, 2.75) is 6.61 Å². The molecule has 0 aliphatic heterocycles. The van der Waals surface area contributed by atoms with Gasteiger partial charge in [0.2, 0.25) is 11.8 Å². The Balaban J connectivity index is 1.96. The van der Waals surface area contributed by atoms with E-state index < -0.39 is 11.6 Å². The molecule has 108 valence electrons. The predicted molar refractivity (Wildman–Crippen MR) is 62.9 cm³/mol. The Hall–Kier alpha value is -3.18. The third-order valence-electron chi connectivity index (χ3n) is 2.52. The maximum Gasteiger partial charge on any atom is 0.369 e. The average Bonchev–Trinajstić information content (AvgIpc) is 3.05. The van der Waals surface area contributed by atoms with Gasteiger partial charge >= 0.3 is 5.69 Å². The van der Waals surface area contributed by atoms with Crippen molar-refractivity contribution in [3.8, 4) is 11.7 Å². The van der Waals surface area contributed by atoms with Crippen molar-refractivity contribution in [3.05, 3.63) is 34.3 Å². The van der Waals surface area contributed by atoms with Crippen LogP contribution in [0.5, 0.6) is 5.88 Å². The highest BCUT2D eigenvalue weighted by Gasteiger charge is 2.19. The summed E-state index contributed by atoms with van der Waals surface area (Å²) in [6, 6.07) is 1.42. The molecule has 0 bridgehead atoms. The second-order valence-electron chi connectivity index (χ2n) is 3.84. The molecular formula is C9H8FN9O2. The first-order valence-electron chi connectivity index (χ1n) is 6.06. The lowest BCUT2D eigenvalue weighted by Crippen LogP contribution is -2.25. The highest BCUT2D eigenvalue weighted by molar-refractivity contribution is 5.29. The summed E-state index contributed by atoms with van der Waals surface area (Å²) in [7, 11) is 1.38. The second kappa shape index (κ2) is 5.07. The molecule has 0 spiro atoms. The Morgan fingerprint density at radius 1 is 1.48 bits per heavy atom. The Morgan fingerprint density at radius 3 is 3.00 bits per heavy atom. The van der Waals surface area contributed by atoms with Crippen LogP contribution in [-0.4, -0.2) is 45.4 Å². The van der Waals surface area contributed by atoms with E-state index in [0.717, 1.165) is 14.5 Å². The molecule has 3 rings (SSSR count). The summed E-state index contributed by atoms with van der Waals surface area (Å²) >= 11 is 0. The van der Waals surface area contributed by atoms with Crippen LogP contribution in [0.25, 0.3) is 5.82 Å². The van der Waals surface area contributed by atoms with Crippen LogP contribution in [0.1, 0.15) is 5.56 Å². The van der Waals surface area contributed by atoms with Gasteiger partial charge in [0, 0.05) is 19.3 Å². The zero-order valence-corrected chi connectivity index (χ0v) is 10.6. The fraction of sp³-hybridized carbons (Fsp3) is 0.222. The molecule has 3 aromatic rings. The summed E-state index contributed by atoms with van der Waals surface area (Å²) in [5, 5.41) is 21.5. The molecule has 0 fully saturated rings. The van der Waals surface area contributed by atoms with Crippen molar-refractivity contribution >= 4 is 0 Å². The first kappa shape index (κ1) is 11.6. The molecule has 0 aliphatic rings. The molecule has 0 radical (unpaired) electrons. The fourth-order valence-electron chi connectivity index (χ4n) is 1.50. The molecule has 0 unspecified atom stereocenters. The third-order valence-corrected chi connectivity index (χ3v) is 2.52. The van der Waals surface area contributed by atoms with Gasteiger partial charge in [0.05, 0.1) is 5.56 Å². The standard InChI is InChI=1S/C9H8FN9O2/c1-18-9(20)19(17-16-18)8-5(7(10)13-15-14-8)4-21-6-2-3-11-12-6/h2-3H,4H2,1H3,(H,11,12)/i/hT. The zero-order chi connectivity index (χ0) is 15.7. The van der Waals surface area contributed by atoms with Crippen LogP contribution in [0.2, 0.25) is 1.41 Å². The van der Waals surface area contributed by atoms with Gasteiger partial charge in [-0.15, -0.1) is 14.9 Å². The number of ether oxygens (including phenoxy) is 1. The maximum atomic E-state index is 13.9. The summed E-state index contributed by atoms with van der Waals surface area (Å²) in [5.41, 5.74) is -0.770. The van der Waals surface area contributed by atoms with Crippen molar-refractivity contribution < 1.29 is 10.5 Å². The van der Waals surface area contributed by atoms with Crippen LogP contribution in [-0.2, 0) is 13.7 Å². The van der Waals surface area contributed by atoms with Crippen molar-refractivity contribution in [1.82, 2.24) is 45.4 Å². The highest BCUT2D eigenvalue weighted by atomic mass is 19.1. The van der Waals surface area contributed by atoms with Crippen molar-refractivity contribution in [2.24, 2.45) is 7.05 Å². The molecular weight excluding hydrogens is 285 g/mol. The van der Waals surface area contributed by atoms with Crippen LogP contribution in [0.3, 0.4) is 0 Å². The number of aromatic amines is 1. The topological polar surface area (TPSA) is 129 Å². The number of nitrogens with one attached hydrogen (secondary N) is 1. The minimum absolute atomic E-state index is 0.101. The summed E-state index contributed by atoms with van der Waals surface area (Å²) in [6.07, 6.45) is 1.34. The first-order chi connectivity index (χ1) is 10.6. The quantitative estimate of drug-likeness (QED) is 0.621. The summed E-state index contributed by atoms with van der Waals surface area (Å²) < 4.78 is 28.0. The molecule has 12 heteroatoms. The SMILES string of the molecule is [3H]n1ccc(OCc2c(F)nnnc2-n2nnn(C)c2=O)n1. The summed E-state index contributed by atoms with van der Waals surface area (Å²) in [4.78, 5) is 11.8. The second-order valence-corrected chi connectivity index (χ2v) is 3.84. The van der Waals surface area contributed by atoms with Gasteiger partial charge in [-0.25, -0.2) is 4.79 Å². The van der Waals surface area contributed by atoms with Gasteiger partial charge in [-0.2, -0.15) is 9.07 Å². The van der Waals surface area contributed by atoms with Crippen LogP contribution in [0.4, 0.5) is 4.39 Å². The molecule has 0 amide bonds. The van der Waals surface area contributed by atoms with E-state index in [1.54, 1.807) is 0 Å². The van der Waals surface area contributed by atoms with Gasteiger partial charge < -0.3 is 4.74 Å². The van der Waals surface area contributed by atoms with E-state index in [4.69, 9.17) is 6.15 Å². The fourth-order valence-corrected chi connectivity index (χ4v) is 1.50. The Bertz CT molecular complexity index is 872. The number of aromatic nitrogens is 9. The molecule has 0 saturated carbocycles. The number of hydrogen-bond acceptors (Lipinski definition) is 8. The highest BCUT2D eigenvalue weighted by Crippen LogP contribution is 2.13. The smallest absolute Gasteiger partial charge is 0.369 e. The van der Waals surface area contributed by atoms with E-state index in [0.29, 0.717) is 0 Å². The van der Waals surface area contributed by atoms with E-state index >= 15 is 0 Å². The number of aryl methyl sites for hydroxylation is 1. The van der Waals surface area contributed by atoms with E-state index in [9.17, 15) is 9.18 Å². The van der Waals surface area contributed by atoms with Crippen LogP contribution < -0.4 is 10.4 Å². The van der Waals surface area contributed by atoms with Crippen molar-refractivity contribution in [2.75, 3.05) is 0 Å². The van der Waals surface area contributed by atoms with Crippen molar-refractivity contribution in [1.29, 1.82) is 0 Å². The maximum absolute atomic E-state index is 13.9. The minimum Gasteiger partial charge on any atom is -0.471 e. The molecule has 0 aliphatic carbocycles. The normalized spacial score (nSPS) is 11.4. The van der Waals surface area contributed by atoms with Crippen LogP contribution in [0, 0.1) is 5.95 Å². The zero-order valence-electron chi connectivity index (χ0n) is 11.6. The molecule has 3 aromatic heterocycles. The van der Waals surface area contributed by atoms with E-state index in [2.05, 4.69) is 30.9 Å². The average molecular weight is 295 g/mol. The first-order valence-corrected chi connectivity index (χ1v) is 5.61. The Labute approximate surface area is 116 Å². The Kier molecular flexibility index (Phi) is 2.81. The summed E-state index contributed by atoms with van der Waals surface area (Å²) in [6.45, 7) is -0.330. The molecule has 21 heavy (non-hydrogen) atoms. The lowest BCUT2D eigenvalue weighted by molar-refractivity contribution is 0.282. The monoisotopic (exact) mass is 295 g/mol. The molecule has 0 atom stereocenters. The molecule has 11 nitrogen and oxygen atoms in total. The van der Waals surface area contributed by atoms with E-state index in [-0.39, 0.29) is 23.9 Å². The van der Waals surface area contributed by atoms with Gasteiger partial charge in [-0.05, 0) is 15.6 Å². The minimum atomic E-state index is -0.965. The molecule has 0 aromatic carbocycles. The Morgan fingerprint density at radius 2 is 2.33 bits per heavy atom. The van der Waals surface area contributed by atoms with E-state index in [1.807, 2.05) is 0 Å². The van der Waals surface area contributed by atoms with E-state index in [1.165, 1.54) is 19.3 Å². The third kappa shape index (κ3) is 2.33. The number of rotatable bonds is 4. The van der Waals surface area contributed by atoms with Gasteiger partial charge in [-0.3, -0.25) is 5.09 Å². The molecule has 1 N–H and O–H groups in total. The van der Waals surface area contributed by atoms with Gasteiger partial charge in [-0.1, -0.05) is 5.10 Å². The number of H-pyrrole nitrogens is 1. The number of hydrogen-bond donors (Lipinski definition) is 1. The van der Waals surface area contributed by atoms with Gasteiger partial charge in [0.1, 0.15) is 6.61 Å². The lowest BCUT2D eigenvalue weighted by Gasteiger charge is -2.06. The lowest BCUT2D eigenvalue weighted by atomic mass is 10.3. The van der Waals surface area contributed by atoms with Gasteiger partial charge in [0.15, 0.2) is 7.23 Å². The largest absolute Gasteiger partial charge is 0.471 e. The van der Waals surface area contributed by atoms with Crippen LogP contribution in [0.15, 0.2) is 17.1 Å². The van der Waals surface area contributed by atoms with Gasteiger partial charge in [0.25, 0.3) is 0 Å².